The molecule has 3 heterocycles. The topological polar surface area (TPSA) is 74.4 Å². The van der Waals surface area contributed by atoms with Crippen molar-refractivity contribution < 1.29 is 9.47 Å². The molecule has 0 N–H and O–H groups in total. The van der Waals surface area contributed by atoms with E-state index < -0.39 is 0 Å². The molecule has 0 saturated heterocycles. The minimum absolute atomic E-state index is 0.0748. The van der Waals surface area contributed by atoms with E-state index in [2.05, 4.69) is 20.9 Å². The molecular formula is C24H29N5O3. The molecule has 0 bridgehead atoms. The highest BCUT2D eigenvalue weighted by molar-refractivity contribution is 6.03. The predicted molar refractivity (Wildman–Crippen MR) is 126 cm³/mol. The first kappa shape index (κ1) is 22.0. The first-order chi connectivity index (χ1) is 15.5. The molecule has 8 nitrogen and oxygen atoms in total. The SMILES string of the molecule is COCCn1c(=O)n(C)c2cnc3ccc(-c4ccc(OCCCN(C)C)nc4)cc3c21. The van der Waals surface area contributed by atoms with Gasteiger partial charge in [0.15, 0.2) is 0 Å². The van der Waals surface area contributed by atoms with Crippen LogP contribution in [0.3, 0.4) is 0 Å². The zero-order valence-electron chi connectivity index (χ0n) is 19.0. The maximum Gasteiger partial charge on any atom is 0.328 e. The number of methoxy groups -OCH3 is 1. The molecule has 0 amide bonds. The van der Waals surface area contributed by atoms with Gasteiger partial charge in [-0.3, -0.25) is 14.1 Å². The molecule has 4 aromatic rings. The molecule has 0 atom stereocenters. The summed E-state index contributed by atoms with van der Waals surface area (Å²) in [6, 6.07) is 9.98. The van der Waals surface area contributed by atoms with Gasteiger partial charge in [-0.15, -0.1) is 0 Å². The van der Waals surface area contributed by atoms with E-state index in [9.17, 15) is 4.79 Å². The highest BCUT2D eigenvalue weighted by Gasteiger charge is 2.15. The summed E-state index contributed by atoms with van der Waals surface area (Å²) in [5, 5.41) is 0.929. The van der Waals surface area contributed by atoms with Gasteiger partial charge in [-0.1, -0.05) is 6.07 Å². The summed E-state index contributed by atoms with van der Waals surface area (Å²) in [7, 11) is 7.50. The Labute approximate surface area is 187 Å². The molecular weight excluding hydrogens is 406 g/mol. The van der Waals surface area contributed by atoms with E-state index in [4.69, 9.17) is 9.47 Å². The second-order valence-corrected chi connectivity index (χ2v) is 8.10. The fourth-order valence-electron chi connectivity index (χ4n) is 3.84. The highest BCUT2D eigenvalue weighted by atomic mass is 16.5. The fourth-order valence-corrected chi connectivity index (χ4v) is 3.84. The molecule has 0 fully saturated rings. The fraction of sp³-hybridized carbons (Fsp3) is 0.375. The summed E-state index contributed by atoms with van der Waals surface area (Å²) >= 11 is 0. The van der Waals surface area contributed by atoms with Gasteiger partial charge in [-0.05, 0) is 44.3 Å². The van der Waals surface area contributed by atoms with E-state index in [1.165, 1.54) is 0 Å². The maximum absolute atomic E-state index is 12.8. The number of fused-ring (bicyclic) bond motifs is 3. The second kappa shape index (κ2) is 9.50. The largest absolute Gasteiger partial charge is 0.478 e. The van der Waals surface area contributed by atoms with E-state index in [1.54, 1.807) is 29.5 Å². The first-order valence-electron chi connectivity index (χ1n) is 10.7. The van der Waals surface area contributed by atoms with Crippen LogP contribution in [0.1, 0.15) is 6.42 Å². The number of aromatic nitrogens is 4. The van der Waals surface area contributed by atoms with Crippen LogP contribution in [0.2, 0.25) is 0 Å². The smallest absolute Gasteiger partial charge is 0.328 e. The first-order valence-corrected chi connectivity index (χ1v) is 10.7. The lowest BCUT2D eigenvalue weighted by Gasteiger charge is -2.10. The van der Waals surface area contributed by atoms with Gasteiger partial charge in [0.2, 0.25) is 5.88 Å². The van der Waals surface area contributed by atoms with Gasteiger partial charge < -0.3 is 14.4 Å². The maximum atomic E-state index is 12.8. The van der Waals surface area contributed by atoms with Gasteiger partial charge in [-0.25, -0.2) is 9.78 Å². The minimum atomic E-state index is -0.0748. The third kappa shape index (κ3) is 4.37. The normalized spacial score (nSPS) is 11.7. The summed E-state index contributed by atoms with van der Waals surface area (Å²) in [5.74, 6) is 0.619. The molecule has 0 spiro atoms. The van der Waals surface area contributed by atoms with Crippen LogP contribution in [0.5, 0.6) is 5.88 Å². The number of ether oxygens (including phenoxy) is 2. The Morgan fingerprint density at radius 3 is 2.56 bits per heavy atom. The molecule has 8 heteroatoms. The van der Waals surface area contributed by atoms with Crippen LogP contribution in [0.15, 0.2) is 47.5 Å². The molecule has 4 rings (SSSR count). The number of imidazole rings is 1. The van der Waals surface area contributed by atoms with E-state index in [0.717, 1.165) is 46.0 Å². The van der Waals surface area contributed by atoms with Crippen molar-refractivity contribution in [2.24, 2.45) is 7.05 Å². The van der Waals surface area contributed by atoms with Crippen molar-refractivity contribution in [2.45, 2.75) is 13.0 Å². The van der Waals surface area contributed by atoms with E-state index in [-0.39, 0.29) is 5.69 Å². The molecule has 0 aliphatic heterocycles. The van der Waals surface area contributed by atoms with Crippen LogP contribution in [-0.4, -0.2) is 65.0 Å². The molecule has 0 radical (unpaired) electrons. The van der Waals surface area contributed by atoms with Gasteiger partial charge in [0, 0.05) is 43.9 Å². The summed E-state index contributed by atoms with van der Waals surface area (Å²) in [6.07, 6.45) is 4.52. The molecule has 0 aliphatic rings. The lowest BCUT2D eigenvalue weighted by Crippen LogP contribution is -2.23. The van der Waals surface area contributed by atoms with E-state index >= 15 is 0 Å². The van der Waals surface area contributed by atoms with Crippen LogP contribution in [0.4, 0.5) is 0 Å². The van der Waals surface area contributed by atoms with Crippen molar-refractivity contribution in [2.75, 3.05) is 41.0 Å². The van der Waals surface area contributed by atoms with E-state index in [0.29, 0.717) is 25.6 Å². The van der Waals surface area contributed by atoms with Crippen molar-refractivity contribution in [1.82, 2.24) is 24.0 Å². The number of rotatable bonds is 9. The monoisotopic (exact) mass is 435 g/mol. The molecule has 0 aliphatic carbocycles. The predicted octanol–water partition coefficient (Wildman–Crippen LogP) is 2.93. The van der Waals surface area contributed by atoms with E-state index in [1.807, 2.05) is 44.6 Å². The summed E-state index contributed by atoms with van der Waals surface area (Å²) in [4.78, 5) is 24.0. The van der Waals surface area contributed by atoms with Gasteiger partial charge in [0.05, 0.1) is 42.5 Å². The Morgan fingerprint density at radius 1 is 1.03 bits per heavy atom. The van der Waals surface area contributed by atoms with Crippen molar-refractivity contribution in [1.29, 1.82) is 0 Å². The Morgan fingerprint density at radius 2 is 1.84 bits per heavy atom. The Bertz CT molecular complexity index is 1280. The molecule has 0 saturated carbocycles. The van der Waals surface area contributed by atoms with Gasteiger partial charge in [0.1, 0.15) is 0 Å². The van der Waals surface area contributed by atoms with Gasteiger partial charge in [-0.2, -0.15) is 0 Å². The number of nitrogens with zero attached hydrogens (tertiary/aromatic N) is 5. The van der Waals surface area contributed by atoms with Gasteiger partial charge >= 0.3 is 5.69 Å². The zero-order chi connectivity index (χ0) is 22.7. The standard InChI is InChI=1S/C24H29N5O3/c1-27(2)10-5-12-32-22-9-7-18(15-26-22)17-6-8-20-19(14-17)23-21(16-25-20)28(3)24(30)29(23)11-13-31-4/h6-9,14-16H,5,10-13H2,1-4H3. The Balaban J connectivity index is 1.67. The molecule has 168 valence electrons. The second-order valence-electron chi connectivity index (χ2n) is 8.10. The lowest BCUT2D eigenvalue weighted by atomic mass is 10.0. The van der Waals surface area contributed by atoms with Crippen LogP contribution in [0, 0.1) is 0 Å². The van der Waals surface area contributed by atoms with Crippen LogP contribution in [0.25, 0.3) is 33.1 Å². The van der Waals surface area contributed by atoms with Gasteiger partial charge in [0.25, 0.3) is 0 Å². The number of benzene rings is 1. The average Bonchev–Trinajstić information content (AvgIpc) is 3.05. The number of hydrogen-bond acceptors (Lipinski definition) is 6. The summed E-state index contributed by atoms with van der Waals surface area (Å²) in [5.41, 5.74) is 4.42. The molecule has 32 heavy (non-hydrogen) atoms. The van der Waals surface area contributed by atoms with Crippen molar-refractivity contribution in [3.8, 4) is 17.0 Å². The summed E-state index contributed by atoms with van der Waals surface area (Å²) < 4.78 is 14.4. The Hall–Kier alpha value is -3.23. The third-order valence-corrected chi connectivity index (χ3v) is 5.56. The van der Waals surface area contributed by atoms with Crippen molar-refractivity contribution in [3.05, 3.63) is 53.2 Å². The number of aryl methyl sites for hydroxylation is 1. The average molecular weight is 436 g/mol. The quantitative estimate of drug-likeness (QED) is 0.377. The van der Waals surface area contributed by atoms with Crippen molar-refractivity contribution >= 4 is 21.9 Å². The Kier molecular flexibility index (Phi) is 6.53. The van der Waals surface area contributed by atoms with Crippen LogP contribution < -0.4 is 10.4 Å². The zero-order valence-corrected chi connectivity index (χ0v) is 19.0. The number of pyridine rings is 2. The highest BCUT2D eigenvalue weighted by Crippen LogP contribution is 2.28. The number of hydrogen-bond donors (Lipinski definition) is 0. The van der Waals surface area contributed by atoms with Crippen molar-refractivity contribution in [3.63, 3.8) is 0 Å². The minimum Gasteiger partial charge on any atom is -0.478 e. The van der Waals surface area contributed by atoms with Crippen LogP contribution in [-0.2, 0) is 18.3 Å². The molecule has 0 unspecified atom stereocenters. The van der Waals surface area contributed by atoms with Crippen LogP contribution >= 0.6 is 0 Å². The lowest BCUT2D eigenvalue weighted by molar-refractivity contribution is 0.187. The summed E-state index contributed by atoms with van der Waals surface area (Å²) in [6.45, 7) is 2.56. The molecule has 1 aromatic carbocycles. The third-order valence-electron chi connectivity index (χ3n) is 5.56. The molecule has 3 aromatic heterocycles.